The van der Waals surface area contributed by atoms with Crippen LogP contribution in [0.25, 0.3) is 0 Å². The minimum atomic E-state index is -0.413. The smallest absolute Gasteiger partial charge is 0.245 e. The van der Waals surface area contributed by atoms with Crippen LogP contribution in [0, 0.1) is 5.92 Å². The van der Waals surface area contributed by atoms with E-state index in [1.54, 1.807) is 11.8 Å². The van der Waals surface area contributed by atoms with Crippen LogP contribution in [0.2, 0.25) is 0 Å². The Morgan fingerprint density at radius 3 is 2.48 bits per heavy atom. The van der Waals surface area contributed by atoms with E-state index in [-0.39, 0.29) is 17.9 Å². The average molecular weight is 288 g/mol. The second kappa shape index (κ2) is 6.74. The molecule has 2 unspecified atom stereocenters. The monoisotopic (exact) mass is 288 g/mol. The van der Waals surface area contributed by atoms with E-state index in [0.717, 1.165) is 6.42 Å². The van der Waals surface area contributed by atoms with Crippen LogP contribution in [0.4, 0.5) is 0 Å². The van der Waals surface area contributed by atoms with Gasteiger partial charge >= 0.3 is 0 Å². The molecule has 0 aliphatic carbocycles. The van der Waals surface area contributed by atoms with Crippen molar-refractivity contribution >= 4 is 11.8 Å². The number of hydrogen-bond acceptors (Lipinski definition) is 2. The van der Waals surface area contributed by atoms with Gasteiger partial charge in [-0.3, -0.25) is 9.59 Å². The van der Waals surface area contributed by atoms with Gasteiger partial charge in [0.15, 0.2) is 0 Å². The number of nitrogens with zero attached hydrogens (tertiary/aromatic N) is 1. The summed E-state index contributed by atoms with van der Waals surface area (Å²) >= 11 is 0. The number of amides is 2. The Morgan fingerprint density at radius 2 is 1.86 bits per heavy atom. The molecule has 0 aromatic heterocycles. The van der Waals surface area contributed by atoms with Crippen LogP contribution in [0.5, 0.6) is 0 Å². The van der Waals surface area contributed by atoms with Crippen LogP contribution in [0.1, 0.15) is 32.8 Å². The summed E-state index contributed by atoms with van der Waals surface area (Å²) < 4.78 is 0. The lowest BCUT2D eigenvalue weighted by Crippen LogP contribution is -2.63. The highest BCUT2D eigenvalue weighted by Gasteiger charge is 2.38. The minimum absolute atomic E-state index is 0.0290. The maximum atomic E-state index is 12.3. The lowest BCUT2D eigenvalue weighted by atomic mass is 9.99. The molecule has 0 radical (unpaired) electrons. The fourth-order valence-corrected chi connectivity index (χ4v) is 2.76. The Kier molecular flexibility index (Phi) is 4.99. The van der Waals surface area contributed by atoms with Gasteiger partial charge in [-0.05, 0) is 31.2 Å². The first-order valence-electron chi connectivity index (χ1n) is 7.64. The van der Waals surface area contributed by atoms with Crippen LogP contribution in [-0.4, -0.2) is 35.3 Å². The van der Waals surface area contributed by atoms with Crippen molar-refractivity contribution in [2.75, 3.05) is 6.54 Å². The zero-order chi connectivity index (χ0) is 15.4. The summed E-state index contributed by atoms with van der Waals surface area (Å²) in [7, 11) is 0. The van der Waals surface area contributed by atoms with E-state index in [2.05, 4.69) is 31.3 Å². The van der Waals surface area contributed by atoms with Gasteiger partial charge in [-0.2, -0.15) is 0 Å². The van der Waals surface area contributed by atoms with Crippen molar-refractivity contribution in [3.05, 3.63) is 35.9 Å². The second-order valence-electron chi connectivity index (χ2n) is 6.15. The Balaban J connectivity index is 2.09. The first-order chi connectivity index (χ1) is 9.99. The molecule has 114 valence electrons. The predicted molar refractivity (Wildman–Crippen MR) is 82.7 cm³/mol. The van der Waals surface area contributed by atoms with Crippen LogP contribution in [-0.2, 0) is 16.0 Å². The van der Waals surface area contributed by atoms with Crippen molar-refractivity contribution in [2.24, 2.45) is 5.92 Å². The van der Waals surface area contributed by atoms with E-state index in [4.69, 9.17) is 0 Å². The van der Waals surface area contributed by atoms with Crippen molar-refractivity contribution < 1.29 is 9.59 Å². The molecule has 4 nitrogen and oxygen atoms in total. The molecule has 1 saturated heterocycles. The largest absolute Gasteiger partial charge is 0.343 e. The third-order valence-corrected chi connectivity index (χ3v) is 3.80. The number of carbonyl (C=O) groups is 2. The maximum Gasteiger partial charge on any atom is 0.245 e. The van der Waals surface area contributed by atoms with Crippen molar-refractivity contribution in [2.45, 2.75) is 45.7 Å². The molecule has 0 bridgehead atoms. The van der Waals surface area contributed by atoms with Crippen LogP contribution in [0.3, 0.4) is 0 Å². The van der Waals surface area contributed by atoms with Crippen molar-refractivity contribution in [1.29, 1.82) is 0 Å². The molecule has 1 heterocycles. The van der Waals surface area contributed by atoms with E-state index in [0.29, 0.717) is 18.9 Å². The maximum absolute atomic E-state index is 12.3. The van der Waals surface area contributed by atoms with E-state index < -0.39 is 6.04 Å². The molecule has 1 aromatic rings. The van der Waals surface area contributed by atoms with Crippen LogP contribution >= 0.6 is 0 Å². The molecule has 0 spiro atoms. The van der Waals surface area contributed by atoms with Crippen LogP contribution < -0.4 is 5.32 Å². The predicted octanol–water partition coefficient (Wildman–Crippen LogP) is 1.99. The van der Waals surface area contributed by atoms with E-state index in [1.165, 1.54) is 5.56 Å². The number of hydrogen-bond donors (Lipinski definition) is 1. The molecule has 2 atom stereocenters. The van der Waals surface area contributed by atoms with E-state index in [1.807, 2.05) is 18.2 Å². The van der Waals surface area contributed by atoms with Gasteiger partial charge in [0.1, 0.15) is 12.1 Å². The van der Waals surface area contributed by atoms with Gasteiger partial charge in [0, 0.05) is 6.54 Å². The highest BCUT2D eigenvalue weighted by Crippen LogP contribution is 2.17. The summed E-state index contributed by atoms with van der Waals surface area (Å²) in [6, 6.07) is 9.31. The van der Waals surface area contributed by atoms with E-state index >= 15 is 0 Å². The number of carbonyl (C=O) groups excluding carboxylic acids is 2. The number of benzene rings is 1. The third kappa shape index (κ3) is 3.84. The van der Waals surface area contributed by atoms with Gasteiger partial charge < -0.3 is 10.2 Å². The lowest BCUT2D eigenvalue weighted by Gasteiger charge is -2.39. The first kappa shape index (κ1) is 15.5. The molecule has 0 saturated carbocycles. The molecule has 1 aromatic carbocycles. The third-order valence-electron chi connectivity index (χ3n) is 3.80. The molecule has 1 N–H and O–H groups in total. The van der Waals surface area contributed by atoms with Crippen molar-refractivity contribution in [3.63, 3.8) is 0 Å². The zero-order valence-electron chi connectivity index (χ0n) is 13.0. The summed E-state index contributed by atoms with van der Waals surface area (Å²) in [5.74, 6) is 0.353. The minimum Gasteiger partial charge on any atom is -0.343 e. The molecule has 4 heteroatoms. The Morgan fingerprint density at radius 1 is 1.19 bits per heavy atom. The number of rotatable bonds is 5. The van der Waals surface area contributed by atoms with Gasteiger partial charge in [0.25, 0.3) is 0 Å². The highest BCUT2D eigenvalue weighted by molar-refractivity contribution is 5.96. The fourth-order valence-electron chi connectivity index (χ4n) is 2.76. The Bertz CT molecular complexity index is 499. The summed E-state index contributed by atoms with van der Waals surface area (Å²) in [5, 5.41) is 2.79. The van der Waals surface area contributed by atoms with Crippen LogP contribution in [0.15, 0.2) is 30.3 Å². The molecular weight excluding hydrogens is 264 g/mol. The topological polar surface area (TPSA) is 49.4 Å². The molecule has 1 aliphatic rings. The lowest BCUT2D eigenvalue weighted by molar-refractivity contribution is -0.149. The second-order valence-corrected chi connectivity index (χ2v) is 6.15. The molecule has 2 rings (SSSR count). The molecular formula is C17H24N2O2. The molecule has 1 aliphatic heterocycles. The van der Waals surface area contributed by atoms with Gasteiger partial charge in [-0.25, -0.2) is 0 Å². The fraction of sp³-hybridized carbons (Fsp3) is 0.529. The molecule has 2 amide bonds. The first-order valence-corrected chi connectivity index (χ1v) is 7.64. The summed E-state index contributed by atoms with van der Waals surface area (Å²) in [6.07, 6.45) is 1.47. The van der Waals surface area contributed by atoms with Crippen molar-refractivity contribution in [3.8, 4) is 0 Å². The van der Waals surface area contributed by atoms with Gasteiger partial charge in [0.05, 0.1) is 0 Å². The highest BCUT2D eigenvalue weighted by atomic mass is 16.2. The van der Waals surface area contributed by atoms with E-state index in [9.17, 15) is 9.59 Å². The average Bonchev–Trinajstić information content (AvgIpc) is 2.44. The summed E-state index contributed by atoms with van der Waals surface area (Å²) in [5.41, 5.74) is 1.20. The Hall–Kier alpha value is -1.84. The molecule has 1 fully saturated rings. The zero-order valence-corrected chi connectivity index (χ0v) is 13.0. The normalized spacial score (nSPS) is 22.6. The number of piperazine rings is 1. The standard InChI is InChI=1S/C17H24N2O2/c1-12(2)11-19-15(16(20)18-13(3)17(19)21)10-9-14-7-5-4-6-8-14/h4-8,12-13,15H,9-11H2,1-3H3,(H,18,20). The Labute approximate surface area is 126 Å². The van der Waals surface area contributed by atoms with Gasteiger partial charge in [0.2, 0.25) is 11.8 Å². The van der Waals surface area contributed by atoms with Crippen molar-refractivity contribution in [1.82, 2.24) is 10.2 Å². The molecule has 21 heavy (non-hydrogen) atoms. The number of nitrogens with one attached hydrogen (secondary N) is 1. The van der Waals surface area contributed by atoms with Gasteiger partial charge in [-0.15, -0.1) is 0 Å². The summed E-state index contributed by atoms with van der Waals surface area (Å²) in [6.45, 7) is 6.52. The van der Waals surface area contributed by atoms with Gasteiger partial charge in [-0.1, -0.05) is 44.2 Å². The summed E-state index contributed by atoms with van der Waals surface area (Å²) in [4.78, 5) is 26.4. The quantitative estimate of drug-likeness (QED) is 0.901. The SMILES string of the molecule is CC(C)CN1C(=O)C(C)NC(=O)C1CCc1ccccc1. The number of aryl methyl sites for hydroxylation is 1.